The van der Waals surface area contributed by atoms with Crippen LogP contribution in [0.1, 0.15) is 5.56 Å². The Kier molecular flexibility index (Phi) is 5.53. The van der Waals surface area contributed by atoms with Crippen molar-refractivity contribution in [3.05, 3.63) is 53.8 Å². The molecule has 4 N–H and O–H groups in total. The number of hydrogen-bond donors (Lipinski definition) is 3. The lowest BCUT2D eigenvalue weighted by Crippen LogP contribution is -2.15. The maximum Gasteiger partial charge on any atom is 0.416 e. The van der Waals surface area contributed by atoms with E-state index >= 15 is 0 Å². The second-order valence-electron chi connectivity index (χ2n) is 5.12. The van der Waals surface area contributed by atoms with Gasteiger partial charge in [0.1, 0.15) is 5.82 Å². The molecule has 2 aromatic rings. The van der Waals surface area contributed by atoms with Crippen LogP contribution in [0, 0.1) is 5.82 Å². The topological polar surface area (TPSA) is 84.2 Å². The van der Waals surface area contributed by atoms with Gasteiger partial charge >= 0.3 is 6.18 Å². The molecule has 0 bridgehead atoms. The molecule has 0 saturated heterocycles. The molecular weight excluding hydrogens is 362 g/mol. The molecule has 136 valence electrons. The highest BCUT2D eigenvalue weighted by Crippen LogP contribution is 2.31. The van der Waals surface area contributed by atoms with Gasteiger partial charge in [0.2, 0.25) is 10.0 Å². The summed E-state index contributed by atoms with van der Waals surface area (Å²) in [5.41, 5.74) is -0.608. The molecule has 0 atom stereocenters. The van der Waals surface area contributed by atoms with Crippen LogP contribution in [0.5, 0.6) is 0 Å². The van der Waals surface area contributed by atoms with E-state index in [1.165, 1.54) is 24.3 Å². The van der Waals surface area contributed by atoms with Gasteiger partial charge in [0, 0.05) is 18.8 Å². The summed E-state index contributed by atoms with van der Waals surface area (Å²) in [4.78, 5) is -0.0396. The molecule has 0 unspecified atom stereocenters. The fourth-order valence-corrected chi connectivity index (χ4v) is 2.52. The predicted octanol–water partition coefficient (Wildman–Crippen LogP) is 3.02. The summed E-state index contributed by atoms with van der Waals surface area (Å²) in [6.45, 7) is 0.416. The van der Waals surface area contributed by atoms with Gasteiger partial charge in [0.05, 0.1) is 16.1 Å². The number of halogens is 4. The standard InChI is InChI=1S/C15H15F4N3O2S/c16-13-6-1-10(15(17,18)19)9-14(13)22-8-7-21-11-2-4-12(5-3-11)25(20,23)24/h1-6,9,21-22H,7-8H2,(H2,20,23,24). The number of nitrogens with two attached hydrogens (primary N) is 1. The Morgan fingerprint density at radius 2 is 1.56 bits per heavy atom. The number of benzene rings is 2. The molecule has 0 heterocycles. The molecule has 0 aliphatic heterocycles. The minimum absolute atomic E-state index is 0.0396. The van der Waals surface area contributed by atoms with Crippen molar-refractivity contribution in [3.8, 4) is 0 Å². The molecule has 0 aliphatic rings. The summed E-state index contributed by atoms with van der Waals surface area (Å²) in [6, 6.07) is 7.75. The lowest BCUT2D eigenvalue weighted by atomic mass is 10.2. The average Bonchev–Trinajstić information content (AvgIpc) is 2.51. The Morgan fingerprint density at radius 1 is 0.960 bits per heavy atom. The van der Waals surface area contributed by atoms with Crippen LogP contribution in [0.25, 0.3) is 0 Å². The molecule has 0 radical (unpaired) electrons. The highest BCUT2D eigenvalue weighted by Gasteiger charge is 2.31. The van der Waals surface area contributed by atoms with Crippen molar-refractivity contribution in [2.45, 2.75) is 11.1 Å². The molecular formula is C15H15F4N3O2S. The first kappa shape index (κ1) is 19.0. The van der Waals surface area contributed by atoms with Crippen LogP contribution in [-0.4, -0.2) is 21.5 Å². The Hall–Kier alpha value is -2.33. The Morgan fingerprint density at radius 3 is 2.12 bits per heavy atom. The first-order chi connectivity index (χ1) is 11.6. The molecule has 0 saturated carbocycles. The summed E-state index contributed by atoms with van der Waals surface area (Å²) in [5, 5.41) is 10.5. The molecule has 0 amide bonds. The van der Waals surface area contributed by atoms with Gasteiger partial charge in [0.15, 0.2) is 0 Å². The van der Waals surface area contributed by atoms with Crippen LogP contribution in [0.4, 0.5) is 28.9 Å². The molecule has 10 heteroatoms. The Labute approximate surface area is 141 Å². The molecule has 25 heavy (non-hydrogen) atoms. The lowest BCUT2D eigenvalue weighted by molar-refractivity contribution is -0.137. The molecule has 0 aromatic heterocycles. The van der Waals surface area contributed by atoms with Crippen LogP contribution in [0.2, 0.25) is 0 Å². The van der Waals surface area contributed by atoms with Gasteiger partial charge in [-0.05, 0) is 42.5 Å². The van der Waals surface area contributed by atoms with Crippen molar-refractivity contribution in [3.63, 3.8) is 0 Å². The molecule has 0 aliphatic carbocycles. The fourth-order valence-electron chi connectivity index (χ4n) is 2.00. The van der Waals surface area contributed by atoms with E-state index in [0.29, 0.717) is 17.8 Å². The average molecular weight is 377 g/mol. The maximum absolute atomic E-state index is 13.5. The van der Waals surface area contributed by atoms with Gasteiger partial charge < -0.3 is 10.6 Å². The van der Waals surface area contributed by atoms with E-state index in [4.69, 9.17) is 5.14 Å². The minimum atomic E-state index is -4.55. The molecule has 2 rings (SSSR count). The van der Waals surface area contributed by atoms with Crippen molar-refractivity contribution < 1.29 is 26.0 Å². The first-order valence-electron chi connectivity index (χ1n) is 7.05. The highest BCUT2D eigenvalue weighted by atomic mass is 32.2. The summed E-state index contributed by atoms with van der Waals surface area (Å²) in [5.74, 6) is -0.787. The van der Waals surface area contributed by atoms with Gasteiger partial charge in [-0.15, -0.1) is 0 Å². The lowest BCUT2D eigenvalue weighted by Gasteiger charge is -2.12. The van der Waals surface area contributed by atoms with Crippen molar-refractivity contribution in [2.75, 3.05) is 23.7 Å². The number of sulfonamides is 1. The zero-order valence-corrected chi connectivity index (χ0v) is 13.6. The second kappa shape index (κ2) is 7.28. The summed E-state index contributed by atoms with van der Waals surface area (Å²) in [6.07, 6.45) is -4.55. The van der Waals surface area contributed by atoms with E-state index in [1.807, 2.05) is 0 Å². The number of rotatable bonds is 6. The van der Waals surface area contributed by atoms with Crippen LogP contribution in [0.3, 0.4) is 0 Å². The van der Waals surface area contributed by atoms with Crippen molar-refractivity contribution in [1.82, 2.24) is 0 Å². The van der Waals surface area contributed by atoms with Crippen LogP contribution in [-0.2, 0) is 16.2 Å². The first-order valence-corrected chi connectivity index (χ1v) is 8.59. The smallest absolute Gasteiger partial charge is 0.383 e. The maximum atomic E-state index is 13.5. The third-order valence-corrected chi connectivity index (χ3v) is 4.18. The molecule has 5 nitrogen and oxygen atoms in total. The van der Waals surface area contributed by atoms with Crippen molar-refractivity contribution in [2.24, 2.45) is 5.14 Å². The number of primary sulfonamides is 1. The van der Waals surface area contributed by atoms with E-state index < -0.39 is 27.6 Å². The van der Waals surface area contributed by atoms with Crippen LogP contribution < -0.4 is 15.8 Å². The summed E-state index contributed by atoms with van der Waals surface area (Å²) >= 11 is 0. The van der Waals surface area contributed by atoms with Crippen molar-refractivity contribution >= 4 is 21.4 Å². The summed E-state index contributed by atoms with van der Waals surface area (Å²) < 4.78 is 73.6. The van der Waals surface area contributed by atoms with Gasteiger partial charge in [-0.2, -0.15) is 13.2 Å². The minimum Gasteiger partial charge on any atom is -0.383 e. The van der Waals surface area contributed by atoms with Crippen molar-refractivity contribution in [1.29, 1.82) is 0 Å². The summed E-state index contributed by atoms with van der Waals surface area (Å²) in [7, 11) is -3.78. The van der Waals surface area contributed by atoms with E-state index in [-0.39, 0.29) is 23.7 Å². The number of alkyl halides is 3. The molecule has 0 fully saturated rings. The SMILES string of the molecule is NS(=O)(=O)c1ccc(NCCNc2cc(C(F)(F)F)ccc2F)cc1. The van der Waals surface area contributed by atoms with Gasteiger partial charge in [-0.3, -0.25) is 0 Å². The number of nitrogens with one attached hydrogen (secondary N) is 2. The molecule has 2 aromatic carbocycles. The third kappa shape index (κ3) is 5.33. The predicted molar refractivity (Wildman–Crippen MR) is 86.2 cm³/mol. The zero-order valence-electron chi connectivity index (χ0n) is 12.8. The van der Waals surface area contributed by atoms with Gasteiger partial charge in [-0.1, -0.05) is 0 Å². The molecule has 0 spiro atoms. The Balaban J connectivity index is 1.91. The third-order valence-electron chi connectivity index (χ3n) is 3.25. The van der Waals surface area contributed by atoms with E-state index in [0.717, 1.165) is 6.07 Å². The van der Waals surface area contributed by atoms with E-state index in [2.05, 4.69) is 10.6 Å². The van der Waals surface area contributed by atoms with E-state index in [1.54, 1.807) is 0 Å². The second-order valence-corrected chi connectivity index (χ2v) is 6.68. The number of anilines is 2. The Bertz CT molecular complexity index is 837. The normalized spacial score (nSPS) is 12.0. The largest absolute Gasteiger partial charge is 0.416 e. The van der Waals surface area contributed by atoms with Gasteiger partial charge in [0.25, 0.3) is 0 Å². The highest BCUT2D eigenvalue weighted by molar-refractivity contribution is 7.89. The van der Waals surface area contributed by atoms with Gasteiger partial charge in [-0.25, -0.2) is 17.9 Å². The fraction of sp³-hybridized carbons (Fsp3) is 0.200. The van der Waals surface area contributed by atoms with Crippen LogP contribution >= 0.6 is 0 Å². The zero-order chi connectivity index (χ0) is 18.7. The monoisotopic (exact) mass is 377 g/mol. The quantitative estimate of drug-likeness (QED) is 0.534. The van der Waals surface area contributed by atoms with E-state index in [9.17, 15) is 26.0 Å². The number of hydrogen-bond acceptors (Lipinski definition) is 4. The van der Waals surface area contributed by atoms with Crippen LogP contribution in [0.15, 0.2) is 47.4 Å².